The standard InChI is InChI=1S/C13H19FO/c1-3-10(2)12(9-15)7-11-5-4-6-13(14)8-11/h4-6,8,10,12,15H,3,7,9H2,1-2H3. The van der Waals surface area contributed by atoms with Gasteiger partial charge in [-0.15, -0.1) is 0 Å². The summed E-state index contributed by atoms with van der Waals surface area (Å²) in [6.07, 6.45) is 1.80. The van der Waals surface area contributed by atoms with Gasteiger partial charge in [-0.3, -0.25) is 0 Å². The topological polar surface area (TPSA) is 20.2 Å². The Morgan fingerprint density at radius 3 is 2.67 bits per heavy atom. The number of halogens is 1. The highest BCUT2D eigenvalue weighted by molar-refractivity contribution is 5.16. The SMILES string of the molecule is CCC(C)C(CO)Cc1cccc(F)c1. The summed E-state index contributed by atoms with van der Waals surface area (Å²) in [6.45, 7) is 4.41. The van der Waals surface area contributed by atoms with Crippen molar-refractivity contribution in [2.45, 2.75) is 26.7 Å². The molecule has 2 heteroatoms. The molecule has 2 atom stereocenters. The lowest BCUT2D eigenvalue weighted by molar-refractivity contribution is 0.179. The first-order valence-corrected chi connectivity index (χ1v) is 5.52. The van der Waals surface area contributed by atoms with E-state index in [0.29, 0.717) is 5.92 Å². The van der Waals surface area contributed by atoms with Gasteiger partial charge in [0.2, 0.25) is 0 Å². The third-order valence-corrected chi connectivity index (χ3v) is 3.07. The van der Waals surface area contributed by atoms with Crippen molar-refractivity contribution in [3.63, 3.8) is 0 Å². The van der Waals surface area contributed by atoms with Gasteiger partial charge in [-0.1, -0.05) is 32.4 Å². The Kier molecular flexibility index (Phi) is 4.76. The smallest absolute Gasteiger partial charge is 0.123 e. The van der Waals surface area contributed by atoms with E-state index in [1.807, 2.05) is 6.07 Å². The van der Waals surface area contributed by atoms with E-state index in [1.54, 1.807) is 12.1 Å². The Bertz CT molecular complexity index is 298. The van der Waals surface area contributed by atoms with Gasteiger partial charge in [0.1, 0.15) is 5.82 Å². The monoisotopic (exact) mass is 210 g/mol. The van der Waals surface area contributed by atoms with E-state index in [9.17, 15) is 9.50 Å². The molecule has 1 nitrogen and oxygen atoms in total. The van der Waals surface area contributed by atoms with E-state index in [1.165, 1.54) is 6.07 Å². The van der Waals surface area contributed by atoms with Gasteiger partial charge in [-0.2, -0.15) is 0 Å². The number of rotatable bonds is 5. The zero-order valence-corrected chi connectivity index (χ0v) is 9.41. The van der Waals surface area contributed by atoms with Gasteiger partial charge in [0, 0.05) is 6.61 Å². The molecule has 0 aliphatic carbocycles. The molecular formula is C13H19FO. The lowest BCUT2D eigenvalue weighted by Gasteiger charge is -2.20. The average molecular weight is 210 g/mol. The lowest BCUT2D eigenvalue weighted by atomic mass is 9.87. The molecular weight excluding hydrogens is 191 g/mol. The van der Waals surface area contributed by atoms with E-state index in [-0.39, 0.29) is 18.3 Å². The fourth-order valence-electron chi connectivity index (χ4n) is 1.75. The first-order chi connectivity index (χ1) is 7.17. The van der Waals surface area contributed by atoms with Crippen LogP contribution in [0.4, 0.5) is 4.39 Å². The van der Waals surface area contributed by atoms with Gasteiger partial charge in [0.15, 0.2) is 0 Å². The maximum absolute atomic E-state index is 12.9. The molecule has 0 bridgehead atoms. The van der Waals surface area contributed by atoms with Crippen LogP contribution >= 0.6 is 0 Å². The van der Waals surface area contributed by atoms with Crippen LogP contribution in [0.1, 0.15) is 25.8 Å². The summed E-state index contributed by atoms with van der Waals surface area (Å²) in [5.41, 5.74) is 0.967. The highest BCUT2D eigenvalue weighted by Gasteiger charge is 2.15. The normalized spacial score (nSPS) is 14.9. The quantitative estimate of drug-likeness (QED) is 0.792. The zero-order chi connectivity index (χ0) is 11.3. The van der Waals surface area contributed by atoms with Crippen molar-refractivity contribution < 1.29 is 9.50 Å². The van der Waals surface area contributed by atoms with E-state index in [2.05, 4.69) is 13.8 Å². The molecule has 0 spiro atoms. The molecule has 0 aromatic heterocycles. The maximum atomic E-state index is 12.9. The van der Waals surface area contributed by atoms with Crippen LogP contribution in [0.3, 0.4) is 0 Å². The van der Waals surface area contributed by atoms with Gasteiger partial charge in [0.25, 0.3) is 0 Å². The van der Waals surface area contributed by atoms with Crippen LogP contribution in [0, 0.1) is 17.7 Å². The van der Waals surface area contributed by atoms with Gasteiger partial charge in [0.05, 0.1) is 0 Å². The molecule has 0 heterocycles. The van der Waals surface area contributed by atoms with E-state index in [4.69, 9.17) is 0 Å². The molecule has 0 aliphatic heterocycles. The van der Waals surface area contributed by atoms with Crippen LogP contribution in [0.2, 0.25) is 0 Å². The molecule has 0 radical (unpaired) electrons. The minimum absolute atomic E-state index is 0.172. The van der Waals surface area contributed by atoms with Crippen molar-refractivity contribution in [1.29, 1.82) is 0 Å². The van der Waals surface area contributed by atoms with Crippen molar-refractivity contribution in [1.82, 2.24) is 0 Å². The summed E-state index contributed by atoms with van der Waals surface area (Å²) >= 11 is 0. The van der Waals surface area contributed by atoms with Crippen LogP contribution in [-0.4, -0.2) is 11.7 Å². The Balaban J connectivity index is 2.66. The predicted octanol–water partition coefficient (Wildman–Crippen LogP) is 3.02. The molecule has 0 amide bonds. The van der Waals surface area contributed by atoms with E-state index in [0.717, 1.165) is 18.4 Å². The van der Waals surface area contributed by atoms with Crippen LogP contribution in [0.15, 0.2) is 24.3 Å². The maximum Gasteiger partial charge on any atom is 0.123 e. The largest absolute Gasteiger partial charge is 0.396 e. The van der Waals surface area contributed by atoms with Crippen molar-refractivity contribution in [3.05, 3.63) is 35.6 Å². The fourth-order valence-corrected chi connectivity index (χ4v) is 1.75. The van der Waals surface area contributed by atoms with Crippen molar-refractivity contribution >= 4 is 0 Å². The van der Waals surface area contributed by atoms with E-state index < -0.39 is 0 Å². The van der Waals surface area contributed by atoms with E-state index >= 15 is 0 Å². The molecule has 0 fully saturated rings. The molecule has 2 unspecified atom stereocenters. The van der Waals surface area contributed by atoms with Crippen molar-refractivity contribution in [3.8, 4) is 0 Å². The van der Waals surface area contributed by atoms with Crippen LogP contribution < -0.4 is 0 Å². The second-order valence-electron chi connectivity index (χ2n) is 4.16. The lowest BCUT2D eigenvalue weighted by Crippen LogP contribution is -2.18. The number of aliphatic hydroxyl groups is 1. The Morgan fingerprint density at radius 1 is 1.40 bits per heavy atom. The van der Waals surface area contributed by atoms with Gasteiger partial charge >= 0.3 is 0 Å². The summed E-state index contributed by atoms with van der Waals surface area (Å²) in [6, 6.07) is 6.62. The molecule has 1 rings (SSSR count). The summed E-state index contributed by atoms with van der Waals surface area (Å²) in [4.78, 5) is 0. The minimum Gasteiger partial charge on any atom is -0.396 e. The molecule has 0 aliphatic rings. The Labute approximate surface area is 90.9 Å². The number of hydrogen-bond acceptors (Lipinski definition) is 1. The van der Waals surface area contributed by atoms with Crippen LogP contribution in [0.5, 0.6) is 0 Å². The number of benzene rings is 1. The third kappa shape index (κ3) is 3.63. The summed E-state index contributed by atoms with van der Waals surface area (Å²) in [5.74, 6) is 0.503. The summed E-state index contributed by atoms with van der Waals surface area (Å²) in [7, 11) is 0. The zero-order valence-electron chi connectivity index (χ0n) is 9.41. The highest BCUT2D eigenvalue weighted by Crippen LogP contribution is 2.20. The predicted molar refractivity (Wildman–Crippen MR) is 60.1 cm³/mol. The Hall–Kier alpha value is -0.890. The summed E-state index contributed by atoms with van der Waals surface area (Å²) < 4.78 is 12.9. The molecule has 1 aromatic carbocycles. The first kappa shape index (κ1) is 12.2. The highest BCUT2D eigenvalue weighted by atomic mass is 19.1. The van der Waals surface area contributed by atoms with Crippen LogP contribution in [-0.2, 0) is 6.42 Å². The number of aliphatic hydroxyl groups excluding tert-OH is 1. The Morgan fingerprint density at radius 2 is 2.13 bits per heavy atom. The third-order valence-electron chi connectivity index (χ3n) is 3.07. The molecule has 15 heavy (non-hydrogen) atoms. The average Bonchev–Trinajstić information content (AvgIpc) is 2.25. The van der Waals surface area contributed by atoms with Gasteiger partial charge in [-0.05, 0) is 36.0 Å². The van der Waals surface area contributed by atoms with Crippen LogP contribution in [0.25, 0.3) is 0 Å². The van der Waals surface area contributed by atoms with Crippen molar-refractivity contribution in [2.75, 3.05) is 6.61 Å². The first-order valence-electron chi connectivity index (χ1n) is 5.52. The second-order valence-corrected chi connectivity index (χ2v) is 4.16. The molecule has 84 valence electrons. The molecule has 0 saturated heterocycles. The molecule has 1 N–H and O–H groups in total. The minimum atomic E-state index is -0.201. The van der Waals surface area contributed by atoms with Crippen molar-refractivity contribution in [2.24, 2.45) is 11.8 Å². The summed E-state index contributed by atoms with van der Waals surface area (Å²) in [5, 5.41) is 9.26. The second kappa shape index (κ2) is 5.86. The number of hydrogen-bond donors (Lipinski definition) is 1. The molecule has 0 saturated carbocycles. The van der Waals surface area contributed by atoms with Gasteiger partial charge < -0.3 is 5.11 Å². The fraction of sp³-hybridized carbons (Fsp3) is 0.538. The van der Waals surface area contributed by atoms with Gasteiger partial charge in [-0.25, -0.2) is 4.39 Å². The molecule has 1 aromatic rings.